The van der Waals surface area contributed by atoms with Gasteiger partial charge in [0.2, 0.25) is 12.7 Å². The Labute approximate surface area is 136 Å². The van der Waals surface area contributed by atoms with Crippen LogP contribution in [0.3, 0.4) is 0 Å². The Bertz CT molecular complexity index is 568. The van der Waals surface area contributed by atoms with Gasteiger partial charge in [-0.3, -0.25) is 9.69 Å². The van der Waals surface area contributed by atoms with Gasteiger partial charge in [-0.15, -0.1) is 0 Å². The summed E-state index contributed by atoms with van der Waals surface area (Å²) in [6, 6.07) is 5.61. The first kappa shape index (κ1) is 15.8. The topological polar surface area (TPSA) is 60.0 Å². The van der Waals surface area contributed by atoms with Crippen molar-refractivity contribution in [2.75, 3.05) is 46.2 Å². The molecule has 0 radical (unpaired) electrons. The summed E-state index contributed by atoms with van der Waals surface area (Å²) in [4.78, 5) is 14.2. The van der Waals surface area contributed by atoms with Gasteiger partial charge in [-0.2, -0.15) is 0 Å². The molecule has 2 heterocycles. The van der Waals surface area contributed by atoms with E-state index in [1.54, 1.807) is 12.2 Å². The van der Waals surface area contributed by atoms with Crippen LogP contribution in [0.15, 0.2) is 24.3 Å². The number of fused-ring (bicyclic) bond motifs is 1. The average Bonchev–Trinajstić information content (AvgIpc) is 3.05. The van der Waals surface area contributed by atoms with Crippen molar-refractivity contribution >= 4 is 12.0 Å². The minimum absolute atomic E-state index is 0.0790. The number of ether oxygens (including phenoxy) is 3. The fourth-order valence-corrected chi connectivity index (χ4v) is 2.59. The maximum atomic E-state index is 11.8. The van der Waals surface area contributed by atoms with Gasteiger partial charge < -0.3 is 19.5 Å². The van der Waals surface area contributed by atoms with Crippen molar-refractivity contribution < 1.29 is 19.0 Å². The molecule has 6 heteroatoms. The third kappa shape index (κ3) is 4.71. The van der Waals surface area contributed by atoms with Crippen molar-refractivity contribution in [3.05, 3.63) is 29.8 Å². The van der Waals surface area contributed by atoms with Crippen LogP contribution in [0.2, 0.25) is 0 Å². The Hall–Kier alpha value is -2.05. The lowest BCUT2D eigenvalue weighted by molar-refractivity contribution is -0.116. The molecule has 1 fully saturated rings. The third-order valence-corrected chi connectivity index (χ3v) is 3.88. The minimum atomic E-state index is -0.0790. The van der Waals surface area contributed by atoms with Gasteiger partial charge in [0.1, 0.15) is 0 Å². The second-order valence-corrected chi connectivity index (χ2v) is 5.54. The lowest BCUT2D eigenvalue weighted by atomic mass is 10.2. The summed E-state index contributed by atoms with van der Waals surface area (Å²) in [5.74, 6) is 1.39. The monoisotopic (exact) mass is 318 g/mol. The number of hydrogen-bond acceptors (Lipinski definition) is 5. The molecule has 0 unspecified atom stereocenters. The van der Waals surface area contributed by atoms with Crippen molar-refractivity contribution in [2.24, 2.45) is 0 Å². The van der Waals surface area contributed by atoms with E-state index in [4.69, 9.17) is 14.2 Å². The van der Waals surface area contributed by atoms with Crippen molar-refractivity contribution in [3.63, 3.8) is 0 Å². The quantitative estimate of drug-likeness (QED) is 0.632. The highest BCUT2D eigenvalue weighted by atomic mass is 16.7. The lowest BCUT2D eigenvalue weighted by Crippen LogP contribution is -2.38. The van der Waals surface area contributed by atoms with Crippen LogP contribution in [0.25, 0.3) is 6.08 Å². The van der Waals surface area contributed by atoms with Crippen LogP contribution < -0.4 is 14.8 Å². The molecule has 0 spiro atoms. The second-order valence-electron chi connectivity index (χ2n) is 5.54. The first-order valence-corrected chi connectivity index (χ1v) is 7.97. The van der Waals surface area contributed by atoms with Crippen LogP contribution in [0.5, 0.6) is 11.5 Å². The van der Waals surface area contributed by atoms with Gasteiger partial charge in [-0.25, -0.2) is 0 Å². The molecule has 0 aromatic heterocycles. The fourth-order valence-electron chi connectivity index (χ4n) is 2.59. The third-order valence-electron chi connectivity index (χ3n) is 3.88. The Morgan fingerprint density at radius 2 is 2.04 bits per heavy atom. The Kier molecular flexibility index (Phi) is 5.50. The molecule has 1 aromatic rings. The molecular formula is C17H22N2O4. The molecule has 2 aliphatic heterocycles. The zero-order valence-corrected chi connectivity index (χ0v) is 13.1. The summed E-state index contributed by atoms with van der Waals surface area (Å²) in [7, 11) is 0. The first-order valence-electron chi connectivity index (χ1n) is 7.97. The highest BCUT2D eigenvalue weighted by molar-refractivity contribution is 5.91. The van der Waals surface area contributed by atoms with Crippen LogP contribution in [0, 0.1) is 0 Å². The molecule has 1 N–H and O–H groups in total. The summed E-state index contributed by atoms with van der Waals surface area (Å²) in [5.41, 5.74) is 0.915. The van der Waals surface area contributed by atoms with E-state index in [0.717, 1.165) is 56.3 Å². The molecule has 2 aliphatic rings. The number of benzene rings is 1. The molecule has 23 heavy (non-hydrogen) atoms. The van der Waals surface area contributed by atoms with E-state index in [2.05, 4.69) is 10.2 Å². The number of rotatable bonds is 6. The molecule has 6 nitrogen and oxygen atoms in total. The molecule has 0 saturated carbocycles. The second kappa shape index (κ2) is 7.99. The van der Waals surface area contributed by atoms with Gasteiger partial charge in [0.25, 0.3) is 0 Å². The maximum absolute atomic E-state index is 11.8. The molecular weight excluding hydrogens is 296 g/mol. The van der Waals surface area contributed by atoms with Gasteiger partial charge in [0.15, 0.2) is 11.5 Å². The molecule has 1 amide bonds. The Morgan fingerprint density at radius 1 is 1.22 bits per heavy atom. The number of carbonyl (C=O) groups excluding carboxylic acids is 1. The zero-order valence-electron chi connectivity index (χ0n) is 13.1. The standard InChI is InChI=1S/C17H22N2O4/c20-17(18-6-1-7-19-8-10-21-11-9-19)5-3-14-2-4-15-16(12-14)23-13-22-15/h2-5,12H,1,6-11,13H2,(H,18,20)/b5-3-. The molecule has 0 atom stereocenters. The fraction of sp³-hybridized carbons (Fsp3) is 0.471. The Balaban J connectivity index is 1.37. The molecule has 1 saturated heterocycles. The molecule has 0 aliphatic carbocycles. The van der Waals surface area contributed by atoms with Crippen molar-refractivity contribution in [3.8, 4) is 11.5 Å². The summed E-state index contributed by atoms with van der Waals surface area (Å²) >= 11 is 0. The van der Waals surface area contributed by atoms with Crippen LogP contribution in [-0.4, -0.2) is 57.0 Å². The number of hydrogen-bond donors (Lipinski definition) is 1. The molecule has 1 aromatic carbocycles. The van der Waals surface area contributed by atoms with Gasteiger partial charge in [0, 0.05) is 25.7 Å². The molecule has 0 bridgehead atoms. The van der Waals surface area contributed by atoms with Gasteiger partial charge in [0.05, 0.1) is 13.2 Å². The normalized spacial score (nSPS) is 17.6. The molecule has 3 rings (SSSR count). The van der Waals surface area contributed by atoms with E-state index in [1.165, 1.54) is 0 Å². The van der Waals surface area contributed by atoms with E-state index < -0.39 is 0 Å². The molecule has 124 valence electrons. The number of carbonyl (C=O) groups is 1. The van der Waals surface area contributed by atoms with E-state index in [9.17, 15) is 4.79 Å². The van der Waals surface area contributed by atoms with Gasteiger partial charge >= 0.3 is 0 Å². The van der Waals surface area contributed by atoms with E-state index in [-0.39, 0.29) is 12.7 Å². The smallest absolute Gasteiger partial charge is 0.243 e. The summed E-state index contributed by atoms with van der Waals surface area (Å²) < 4.78 is 15.9. The number of morpholine rings is 1. The van der Waals surface area contributed by atoms with Crippen LogP contribution >= 0.6 is 0 Å². The predicted molar refractivity (Wildman–Crippen MR) is 86.5 cm³/mol. The van der Waals surface area contributed by atoms with Crippen LogP contribution in [0.1, 0.15) is 12.0 Å². The number of nitrogens with one attached hydrogen (secondary N) is 1. The van der Waals surface area contributed by atoms with Crippen molar-refractivity contribution in [1.82, 2.24) is 10.2 Å². The van der Waals surface area contributed by atoms with E-state index in [1.807, 2.05) is 18.2 Å². The summed E-state index contributed by atoms with van der Waals surface area (Å²) in [6.07, 6.45) is 4.27. The lowest BCUT2D eigenvalue weighted by Gasteiger charge is -2.26. The average molecular weight is 318 g/mol. The highest BCUT2D eigenvalue weighted by Gasteiger charge is 2.12. The highest BCUT2D eigenvalue weighted by Crippen LogP contribution is 2.32. The Morgan fingerprint density at radius 3 is 2.91 bits per heavy atom. The zero-order chi connectivity index (χ0) is 15.9. The van der Waals surface area contributed by atoms with Crippen molar-refractivity contribution in [1.29, 1.82) is 0 Å². The van der Waals surface area contributed by atoms with Gasteiger partial charge in [-0.1, -0.05) is 6.07 Å². The minimum Gasteiger partial charge on any atom is -0.454 e. The first-order chi connectivity index (χ1) is 11.3. The summed E-state index contributed by atoms with van der Waals surface area (Å²) in [6.45, 7) is 5.52. The number of amides is 1. The largest absolute Gasteiger partial charge is 0.454 e. The van der Waals surface area contributed by atoms with Crippen LogP contribution in [0.4, 0.5) is 0 Å². The summed E-state index contributed by atoms with van der Waals surface area (Å²) in [5, 5.41) is 2.91. The predicted octanol–water partition coefficient (Wildman–Crippen LogP) is 1.27. The van der Waals surface area contributed by atoms with Crippen LogP contribution in [-0.2, 0) is 9.53 Å². The SMILES string of the molecule is O=C(/C=C\c1ccc2c(c1)OCO2)NCCCN1CCOCC1. The van der Waals surface area contributed by atoms with Crippen molar-refractivity contribution in [2.45, 2.75) is 6.42 Å². The number of nitrogens with zero attached hydrogens (tertiary/aromatic N) is 1. The van der Waals surface area contributed by atoms with Gasteiger partial charge in [-0.05, 0) is 36.7 Å². The van der Waals surface area contributed by atoms with E-state index in [0.29, 0.717) is 6.54 Å². The maximum Gasteiger partial charge on any atom is 0.243 e. The van der Waals surface area contributed by atoms with E-state index >= 15 is 0 Å².